The number of fused-ring (bicyclic) bond motifs is 1. The van der Waals surface area contributed by atoms with Crippen molar-refractivity contribution < 1.29 is 14.6 Å². The van der Waals surface area contributed by atoms with E-state index in [4.69, 9.17) is 21.1 Å². The maximum atomic E-state index is 10.4. The zero-order chi connectivity index (χ0) is 15.0. The average molecular weight is 305 g/mol. The van der Waals surface area contributed by atoms with Crippen LogP contribution in [-0.4, -0.2) is 12.2 Å². The largest absolute Gasteiger partial charge is 0.497 e. The lowest BCUT2D eigenvalue weighted by molar-refractivity contribution is 0.0652. The van der Waals surface area contributed by atoms with Gasteiger partial charge in [0, 0.05) is 17.0 Å². The Balaban J connectivity index is 1.94. The summed E-state index contributed by atoms with van der Waals surface area (Å²) in [7, 11) is 1.61. The first kappa shape index (κ1) is 14.2. The van der Waals surface area contributed by atoms with Crippen LogP contribution in [0.2, 0.25) is 5.02 Å². The zero-order valence-electron chi connectivity index (χ0n) is 12.0. The lowest BCUT2D eigenvalue weighted by Gasteiger charge is -2.31. The van der Waals surface area contributed by atoms with Crippen molar-refractivity contribution in [2.45, 2.75) is 25.6 Å². The van der Waals surface area contributed by atoms with Gasteiger partial charge in [0.05, 0.1) is 13.2 Å². The van der Waals surface area contributed by atoms with Crippen LogP contribution in [0.5, 0.6) is 11.5 Å². The molecule has 0 amide bonds. The third kappa shape index (κ3) is 2.71. The van der Waals surface area contributed by atoms with Gasteiger partial charge in [-0.15, -0.1) is 0 Å². The lowest BCUT2D eigenvalue weighted by Crippen LogP contribution is -2.19. The van der Waals surface area contributed by atoms with E-state index < -0.39 is 6.10 Å². The monoisotopic (exact) mass is 304 g/mol. The minimum Gasteiger partial charge on any atom is -0.497 e. The van der Waals surface area contributed by atoms with Gasteiger partial charge in [-0.25, -0.2) is 0 Å². The minimum atomic E-state index is -0.566. The van der Waals surface area contributed by atoms with E-state index in [1.807, 2.05) is 43.3 Å². The van der Waals surface area contributed by atoms with Gasteiger partial charge in [0.25, 0.3) is 0 Å². The normalized spacial score (nSPS) is 20.6. The predicted octanol–water partition coefficient (Wildman–Crippen LogP) is 4.21. The van der Waals surface area contributed by atoms with E-state index in [0.29, 0.717) is 17.2 Å². The Morgan fingerprint density at radius 1 is 1.19 bits per heavy atom. The molecule has 0 fully saturated rings. The number of ether oxygens (including phenoxy) is 2. The fourth-order valence-corrected chi connectivity index (χ4v) is 2.97. The first-order chi connectivity index (χ1) is 10.1. The molecule has 1 heterocycles. The second-order valence-electron chi connectivity index (χ2n) is 5.26. The van der Waals surface area contributed by atoms with Gasteiger partial charge in [0.15, 0.2) is 0 Å². The number of aliphatic hydroxyl groups excluding tert-OH is 1. The van der Waals surface area contributed by atoms with Crippen molar-refractivity contribution in [1.29, 1.82) is 0 Å². The van der Waals surface area contributed by atoms with Crippen molar-refractivity contribution in [2.75, 3.05) is 7.11 Å². The van der Waals surface area contributed by atoms with E-state index in [0.717, 1.165) is 22.4 Å². The molecule has 2 aromatic carbocycles. The van der Waals surface area contributed by atoms with Gasteiger partial charge in [0.1, 0.15) is 17.6 Å². The SMILES string of the molecule is COc1ccc2c(c1)[C@@H](O)CC(c1ccc(Cl)cc1C)O2. The van der Waals surface area contributed by atoms with Crippen LogP contribution >= 0.6 is 11.6 Å². The number of aliphatic hydroxyl groups is 1. The predicted molar refractivity (Wildman–Crippen MR) is 82.1 cm³/mol. The molecule has 3 nitrogen and oxygen atoms in total. The molecule has 2 aromatic rings. The second-order valence-corrected chi connectivity index (χ2v) is 5.70. The fourth-order valence-electron chi connectivity index (χ4n) is 2.74. The molecule has 0 bridgehead atoms. The standard InChI is InChI=1S/C17H17ClO3/c1-10-7-11(18)3-5-13(10)17-9-15(19)14-8-12(20-2)4-6-16(14)21-17/h3-8,15,17,19H,9H2,1-2H3/t15-,17?/m0/s1. The molecule has 0 radical (unpaired) electrons. The first-order valence-electron chi connectivity index (χ1n) is 6.87. The van der Waals surface area contributed by atoms with Crippen LogP contribution in [-0.2, 0) is 0 Å². The molecule has 1 N–H and O–H groups in total. The summed E-state index contributed by atoms with van der Waals surface area (Å²) in [6, 6.07) is 11.2. The van der Waals surface area contributed by atoms with E-state index >= 15 is 0 Å². The Labute approximate surface area is 129 Å². The van der Waals surface area contributed by atoms with Crippen LogP contribution in [0.1, 0.15) is 35.3 Å². The van der Waals surface area contributed by atoms with E-state index in [1.165, 1.54) is 0 Å². The number of methoxy groups -OCH3 is 1. The molecule has 2 atom stereocenters. The summed E-state index contributed by atoms with van der Waals surface area (Å²) < 4.78 is 11.2. The van der Waals surface area contributed by atoms with Gasteiger partial charge < -0.3 is 14.6 Å². The van der Waals surface area contributed by atoms with Gasteiger partial charge >= 0.3 is 0 Å². The smallest absolute Gasteiger partial charge is 0.127 e. The van der Waals surface area contributed by atoms with E-state index in [2.05, 4.69) is 0 Å². The molecule has 1 aliphatic rings. The van der Waals surface area contributed by atoms with Crippen molar-refractivity contribution in [3.8, 4) is 11.5 Å². The van der Waals surface area contributed by atoms with Crippen LogP contribution < -0.4 is 9.47 Å². The third-order valence-electron chi connectivity index (χ3n) is 3.86. The molecule has 110 valence electrons. The quantitative estimate of drug-likeness (QED) is 0.903. The molecule has 0 aliphatic carbocycles. The molecule has 21 heavy (non-hydrogen) atoms. The van der Waals surface area contributed by atoms with Crippen LogP contribution in [0.4, 0.5) is 0 Å². The Bertz CT molecular complexity index is 669. The summed E-state index contributed by atoms with van der Waals surface area (Å²) >= 11 is 5.99. The lowest BCUT2D eigenvalue weighted by atomic mass is 9.93. The summed E-state index contributed by atoms with van der Waals surface area (Å²) in [5, 5.41) is 11.1. The number of halogens is 1. The van der Waals surface area contributed by atoms with Gasteiger partial charge in [-0.3, -0.25) is 0 Å². The van der Waals surface area contributed by atoms with E-state index in [-0.39, 0.29) is 6.10 Å². The summed E-state index contributed by atoms with van der Waals surface area (Å²) in [4.78, 5) is 0. The highest BCUT2D eigenvalue weighted by Crippen LogP contribution is 2.42. The second kappa shape index (κ2) is 5.58. The molecular weight excluding hydrogens is 288 g/mol. The van der Waals surface area contributed by atoms with Crippen molar-refractivity contribution in [1.82, 2.24) is 0 Å². The molecule has 0 aromatic heterocycles. The van der Waals surface area contributed by atoms with Gasteiger partial charge in [0.2, 0.25) is 0 Å². The summed E-state index contributed by atoms with van der Waals surface area (Å²) in [5.74, 6) is 1.42. The summed E-state index contributed by atoms with van der Waals surface area (Å²) in [5.41, 5.74) is 2.90. The van der Waals surface area contributed by atoms with Crippen molar-refractivity contribution in [3.63, 3.8) is 0 Å². The Kier molecular flexibility index (Phi) is 3.79. The highest BCUT2D eigenvalue weighted by Gasteiger charge is 2.29. The molecule has 0 saturated heterocycles. The van der Waals surface area contributed by atoms with Crippen molar-refractivity contribution in [2.24, 2.45) is 0 Å². The zero-order valence-corrected chi connectivity index (χ0v) is 12.7. The number of hydrogen-bond acceptors (Lipinski definition) is 3. The maximum Gasteiger partial charge on any atom is 0.127 e. The van der Waals surface area contributed by atoms with E-state index in [9.17, 15) is 5.11 Å². The highest BCUT2D eigenvalue weighted by molar-refractivity contribution is 6.30. The molecule has 1 unspecified atom stereocenters. The van der Waals surface area contributed by atoms with Crippen LogP contribution in [0.3, 0.4) is 0 Å². The summed E-state index contributed by atoms with van der Waals surface area (Å²) in [6.45, 7) is 2.00. The third-order valence-corrected chi connectivity index (χ3v) is 4.10. The number of benzene rings is 2. The average Bonchev–Trinajstić information content (AvgIpc) is 2.47. The Hall–Kier alpha value is -1.71. The van der Waals surface area contributed by atoms with Crippen LogP contribution in [0.15, 0.2) is 36.4 Å². The van der Waals surface area contributed by atoms with Crippen LogP contribution in [0, 0.1) is 6.92 Å². The minimum absolute atomic E-state index is 0.168. The number of hydrogen-bond donors (Lipinski definition) is 1. The molecule has 0 saturated carbocycles. The Morgan fingerprint density at radius 2 is 2.00 bits per heavy atom. The Morgan fingerprint density at radius 3 is 2.71 bits per heavy atom. The highest BCUT2D eigenvalue weighted by atomic mass is 35.5. The molecular formula is C17H17ClO3. The molecule has 3 rings (SSSR count). The fraction of sp³-hybridized carbons (Fsp3) is 0.294. The van der Waals surface area contributed by atoms with Gasteiger partial charge in [-0.2, -0.15) is 0 Å². The van der Waals surface area contributed by atoms with Crippen molar-refractivity contribution in [3.05, 3.63) is 58.1 Å². The first-order valence-corrected chi connectivity index (χ1v) is 7.25. The van der Waals surface area contributed by atoms with E-state index in [1.54, 1.807) is 7.11 Å². The van der Waals surface area contributed by atoms with Gasteiger partial charge in [-0.05, 0) is 48.4 Å². The number of rotatable bonds is 2. The maximum absolute atomic E-state index is 10.4. The number of aryl methyl sites for hydroxylation is 1. The van der Waals surface area contributed by atoms with Crippen LogP contribution in [0.25, 0.3) is 0 Å². The topological polar surface area (TPSA) is 38.7 Å². The van der Waals surface area contributed by atoms with Gasteiger partial charge in [-0.1, -0.05) is 17.7 Å². The van der Waals surface area contributed by atoms with Crippen molar-refractivity contribution >= 4 is 11.6 Å². The molecule has 0 spiro atoms. The molecule has 1 aliphatic heterocycles. The molecule has 4 heteroatoms. The summed E-state index contributed by atoms with van der Waals surface area (Å²) in [6.07, 6.45) is -0.218.